The van der Waals surface area contributed by atoms with Gasteiger partial charge in [-0.15, -0.1) is 29.9 Å². The molecule has 150 valence electrons. The van der Waals surface area contributed by atoms with Gasteiger partial charge in [-0.2, -0.15) is 0 Å². The van der Waals surface area contributed by atoms with Crippen molar-refractivity contribution < 1.29 is 4.79 Å². The van der Waals surface area contributed by atoms with E-state index < -0.39 is 5.54 Å². The molecular formula is C19H24Cl2N6O. The van der Waals surface area contributed by atoms with E-state index in [1.54, 1.807) is 10.9 Å². The number of halogens is 2. The number of carbonyl (C=O) groups excluding carboxylic acids is 1. The molecule has 4 rings (SSSR count). The van der Waals surface area contributed by atoms with Gasteiger partial charge in [0.2, 0.25) is 0 Å². The summed E-state index contributed by atoms with van der Waals surface area (Å²) in [5.41, 5.74) is 8.25. The molecule has 0 saturated heterocycles. The van der Waals surface area contributed by atoms with Crippen LogP contribution >= 0.6 is 24.8 Å². The minimum absolute atomic E-state index is 0. The molecule has 1 amide bonds. The van der Waals surface area contributed by atoms with Gasteiger partial charge in [-0.1, -0.05) is 11.3 Å². The van der Waals surface area contributed by atoms with Gasteiger partial charge in [0.05, 0.1) is 22.4 Å². The normalized spacial score (nSPS) is 15.2. The summed E-state index contributed by atoms with van der Waals surface area (Å²) in [4.78, 5) is 17.2. The largest absolute Gasteiger partial charge is 0.344 e. The Bertz CT molecular complexity index is 982. The lowest BCUT2D eigenvalue weighted by molar-refractivity contribution is 0.0892. The molecule has 1 aromatic carbocycles. The fourth-order valence-electron chi connectivity index (χ4n) is 3.40. The second-order valence-electron chi connectivity index (χ2n) is 7.13. The Labute approximate surface area is 175 Å². The summed E-state index contributed by atoms with van der Waals surface area (Å²) < 4.78 is 1.69. The van der Waals surface area contributed by atoms with E-state index in [0.29, 0.717) is 23.9 Å². The van der Waals surface area contributed by atoms with Gasteiger partial charge in [-0.25, -0.2) is 4.68 Å². The first-order valence-electron chi connectivity index (χ1n) is 8.82. The van der Waals surface area contributed by atoms with Crippen LogP contribution in [0, 0.1) is 12.8 Å². The van der Waals surface area contributed by atoms with Gasteiger partial charge in [0.1, 0.15) is 0 Å². The SMILES string of the molecule is Cc1c(C(=O)NC(C)(CN)C2CC2)nnn1-c1cccc2ncccc12.Cl.Cl. The summed E-state index contributed by atoms with van der Waals surface area (Å²) >= 11 is 0. The molecular weight excluding hydrogens is 399 g/mol. The Morgan fingerprint density at radius 2 is 2.04 bits per heavy atom. The number of amides is 1. The molecule has 1 fully saturated rings. The van der Waals surface area contributed by atoms with Crippen LogP contribution in [-0.2, 0) is 0 Å². The van der Waals surface area contributed by atoms with Gasteiger partial charge < -0.3 is 11.1 Å². The lowest BCUT2D eigenvalue weighted by Crippen LogP contribution is -2.53. The molecule has 1 unspecified atom stereocenters. The average molecular weight is 423 g/mol. The van der Waals surface area contributed by atoms with Crippen molar-refractivity contribution in [1.29, 1.82) is 0 Å². The zero-order valence-corrected chi connectivity index (χ0v) is 17.4. The Morgan fingerprint density at radius 3 is 2.71 bits per heavy atom. The van der Waals surface area contributed by atoms with Crippen LogP contribution in [0.25, 0.3) is 16.6 Å². The smallest absolute Gasteiger partial charge is 0.274 e. The Balaban J connectivity index is 0.00000140. The van der Waals surface area contributed by atoms with Gasteiger partial charge in [0.15, 0.2) is 5.69 Å². The van der Waals surface area contributed by atoms with Crippen LogP contribution in [0.15, 0.2) is 36.5 Å². The predicted molar refractivity (Wildman–Crippen MR) is 114 cm³/mol. The molecule has 28 heavy (non-hydrogen) atoms. The molecule has 1 atom stereocenters. The summed E-state index contributed by atoms with van der Waals surface area (Å²) in [6.45, 7) is 4.26. The molecule has 0 bridgehead atoms. The molecule has 7 nitrogen and oxygen atoms in total. The van der Waals surface area contributed by atoms with Crippen molar-refractivity contribution in [3.8, 4) is 5.69 Å². The number of aromatic nitrogens is 4. The molecule has 1 saturated carbocycles. The first-order chi connectivity index (χ1) is 12.5. The molecule has 0 spiro atoms. The second-order valence-corrected chi connectivity index (χ2v) is 7.13. The Morgan fingerprint density at radius 1 is 1.29 bits per heavy atom. The highest BCUT2D eigenvalue weighted by atomic mass is 35.5. The quantitative estimate of drug-likeness (QED) is 0.658. The fraction of sp³-hybridized carbons (Fsp3) is 0.368. The highest BCUT2D eigenvalue weighted by molar-refractivity contribution is 5.94. The maximum Gasteiger partial charge on any atom is 0.274 e. The zero-order valence-electron chi connectivity index (χ0n) is 15.8. The first kappa shape index (κ1) is 22.1. The van der Waals surface area contributed by atoms with E-state index in [0.717, 1.165) is 29.4 Å². The van der Waals surface area contributed by atoms with E-state index in [-0.39, 0.29) is 30.7 Å². The number of fused-ring (bicyclic) bond motifs is 1. The maximum absolute atomic E-state index is 12.8. The second kappa shape index (κ2) is 8.43. The van der Waals surface area contributed by atoms with E-state index in [2.05, 4.69) is 20.6 Å². The number of nitrogens with zero attached hydrogens (tertiary/aromatic N) is 4. The number of benzene rings is 1. The van der Waals surface area contributed by atoms with Crippen LogP contribution in [0.1, 0.15) is 35.9 Å². The molecule has 1 aliphatic rings. The number of nitrogens with one attached hydrogen (secondary N) is 1. The van der Waals surface area contributed by atoms with Crippen molar-refractivity contribution in [2.75, 3.05) is 6.54 Å². The monoisotopic (exact) mass is 422 g/mol. The van der Waals surface area contributed by atoms with Crippen molar-refractivity contribution in [3.05, 3.63) is 47.9 Å². The molecule has 9 heteroatoms. The van der Waals surface area contributed by atoms with Crippen LogP contribution in [0.5, 0.6) is 0 Å². The highest BCUT2D eigenvalue weighted by Gasteiger charge is 2.42. The summed E-state index contributed by atoms with van der Waals surface area (Å²) in [5.74, 6) is 0.211. The zero-order chi connectivity index (χ0) is 18.3. The van der Waals surface area contributed by atoms with Gasteiger partial charge in [-0.3, -0.25) is 9.78 Å². The van der Waals surface area contributed by atoms with Crippen molar-refractivity contribution in [1.82, 2.24) is 25.3 Å². The lowest BCUT2D eigenvalue weighted by atomic mass is 9.95. The standard InChI is InChI=1S/C19H22N6O.2ClH/c1-12-17(18(26)22-19(2,11-20)13-8-9-13)23-24-25(12)16-7-3-6-15-14(16)5-4-10-21-15;;/h3-7,10,13H,8-9,11,20H2,1-2H3,(H,22,26);2*1H. The third-order valence-corrected chi connectivity index (χ3v) is 5.26. The van der Waals surface area contributed by atoms with Crippen molar-refractivity contribution >= 4 is 41.6 Å². The summed E-state index contributed by atoms with van der Waals surface area (Å²) in [6, 6.07) is 9.68. The van der Waals surface area contributed by atoms with Gasteiger partial charge in [0.25, 0.3) is 5.91 Å². The number of hydrogen-bond donors (Lipinski definition) is 2. The average Bonchev–Trinajstić information content (AvgIpc) is 3.44. The fourth-order valence-corrected chi connectivity index (χ4v) is 3.40. The van der Waals surface area contributed by atoms with Gasteiger partial charge >= 0.3 is 0 Å². The van der Waals surface area contributed by atoms with Crippen molar-refractivity contribution in [2.24, 2.45) is 11.7 Å². The van der Waals surface area contributed by atoms with Crippen molar-refractivity contribution in [2.45, 2.75) is 32.2 Å². The van der Waals surface area contributed by atoms with Crippen LogP contribution < -0.4 is 11.1 Å². The van der Waals surface area contributed by atoms with Gasteiger partial charge in [-0.05, 0) is 56.9 Å². The topological polar surface area (TPSA) is 98.7 Å². The van der Waals surface area contributed by atoms with Crippen LogP contribution in [-0.4, -0.2) is 38.0 Å². The van der Waals surface area contributed by atoms with Crippen LogP contribution in [0.4, 0.5) is 0 Å². The third-order valence-electron chi connectivity index (χ3n) is 5.26. The number of pyridine rings is 1. The Kier molecular flexibility index (Phi) is 6.64. The molecule has 2 aromatic heterocycles. The maximum atomic E-state index is 12.8. The minimum Gasteiger partial charge on any atom is -0.344 e. The number of nitrogens with two attached hydrogens (primary N) is 1. The number of rotatable bonds is 5. The first-order valence-corrected chi connectivity index (χ1v) is 8.82. The predicted octanol–water partition coefficient (Wildman–Crippen LogP) is 2.82. The molecule has 0 radical (unpaired) electrons. The summed E-state index contributed by atoms with van der Waals surface area (Å²) in [6.07, 6.45) is 3.95. The Hall–Kier alpha value is -2.22. The summed E-state index contributed by atoms with van der Waals surface area (Å²) in [7, 11) is 0. The highest BCUT2D eigenvalue weighted by Crippen LogP contribution is 2.39. The van der Waals surface area contributed by atoms with E-state index >= 15 is 0 Å². The molecule has 2 heterocycles. The minimum atomic E-state index is -0.392. The van der Waals surface area contributed by atoms with Gasteiger partial charge in [0, 0.05) is 18.1 Å². The molecule has 3 aromatic rings. The summed E-state index contributed by atoms with van der Waals surface area (Å²) in [5, 5.41) is 12.4. The van der Waals surface area contributed by atoms with E-state index in [1.165, 1.54) is 0 Å². The molecule has 3 N–H and O–H groups in total. The third kappa shape index (κ3) is 3.83. The lowest BCUT2D eigenvalue weighted by Gasteiger charge is -2.29. The number of hydrogen-bond acceptors (Lipinski definition) is 5. The van der Waals surface area contributed by atoms with E-state index in [1.807, 2.05) is 44.2 Å². The van der Waals surface area contributed by atoms with E-state index in [4.69, 9.17) is 5.73 Å². The molecule has 0 aliphatic heterocycles. The van der Waals surface area contributed by atoms with Crippen LogP contribution in [0.2, 0.25) is 0 Å². The van der Waals surface area contributed by atoms with E-state index in [9.17, 15) is 4.79 Å². The molecule has 1 aliphatic carbocycles. The van der Waals surface area contributed by atoms with Crippen LogP contribution in [0.3, 0.4) is 0 Å². The number of carbonyl (C=O) groups is 1. The van der Waals surface area contributed by atoms with Crippen molar-refractivity contribution in [3.63, 3.8) is 0 Å².